The first-order valence-corrected chi connectivity index (χ1v) is 6.34. The fraction of sp³-hybridized carbons (Fsp3) is 0.154. The van der Waals surface area contributed by atoms with Crippen LogP contribution in [0.3, 0.4) is 0 Å². The summed E-state index contributed by atoms with van der Waals surface area (Å²) in [5.74, 6) is 0.410. The maximum atomic E-state index is 12.1. The number of aromatic amines is 1. The van der Waals surface area contributed by atoms with Crippen molar-refractivity contribution in [3.05, 3.63) is 54.5 Å². The van der Waals surface area contributed by atoms with E-state index in [4.69, 9.17) is 0 Å². The molecule has 0 aliphatic rings. The molecule has 1 atom stereocenters. The second-order valence-corrected chi connectivity index (χ2v) is 4.47. The number of hydrogen-bond donors (Lipinski definition) is 2. The van der Waals surface area contributed by atoms with Crippen molar-refractivity contribution in [3.8, 4) is 5.82 Å². The van der Waals surface area contributed by atoms with Crippen LogP contribution in [0.4, 0.5) is 0 Å². The summed E-state index contributed by atoms with van der Waals surface area (Å²) >= 11 is 0. The van der Waals surface area contributed by atoms with Crippen molar-refractivity contribution in [1.82, 2.24) is 35.3 Å². The molecule has 0 aliphatic heterocycles. The molecule has 0 aromatic carbocycles. The van der Waals surface area contributed by atoms with Crippen molar-refractivity contribution in [2.24, 2.45) is 0 Å². The van der Waals surface area contributed by atoms with E-state index in [1.807, 2.05) is 6.92 Å². The van der Waals surface area contributed by atoms with Gasteiger partial charge in [-0.05, 0) is 19.1 Å². The lowest BCUT2D eigenvalue weighted by Crippen LogP contribution is -2.26. The van der Waals surface area contributed by atoms with Crippen LogP contribution in [0, 0.1) is 0 Å². The van der Waals surface area contributed by atoms with Gasteiger partial charge in [0.1, 0.15) is 12.7 Å². The third-order valence-corrected chi connectivity index (χ3v) is 3.03. The average Bonchev–Trinajstić information content (AvgIpc) is 3.20. The predicted octanol–water partition coefficient (Wildman–Crippen LogP) is 0.876. The lowest BCUT2D eigenvalue weighted by atomic mass is 10.1. The molecule has 1 unspecified atom stereocenters. The van der Waals surface area contributed by atoms with Gasteiger partial charge < -0.3 is 5.32 Å². The summed E-state index contributed by atoms with van der Waals surface area (Å²) in [6.45, 7) is 1.89. The van der Waals surface area contributed by atoms with Crippen molar-refractivity contribution in [1.29, 1.82) is 0 Å². The largest absolute Gasteiger partial charge is 0.345 e. The van der Waals surface area contributed by atoms with Gasteiger partial charge in [0, 0.05) is 18.0 Å². The summed E-state index contributed by atoms with van der Waals surface area (Å²) < 4.78 is 1.52. The minimum Gasteiger partial charge on any atom is -0.345 e. The van der Waals surface area contributed by atoms with Crippen molar-refractivity contribution in [3.63, 3.8) is 0 Å². The van der Waals surface area contributed by atoms with Crippen molar-refractivity contribution in [2.45, 2.75) is 13.0 Å². The summed E-state index contributed by atoms with van der Waals surface area (Å²) in [5.41, 5.74) is 1.39. The van der Waals surface area contributed by atoms with Crippen LogP contribution in [0.25, 0.3) is 5.82 Å². The van der Waals surface area contributed by atoms with Gasteiger partial charge >= 0.3 is 0 Å². The molecule has 3 aromatic rings. The Morgan fingerprint density at radius 3 is 2.90 bits per heavy atom. The molecule has 21 heavy (non-hydrogen) atoms. The molecule has 0 bridgehead atoms. The van der Waals surface area contributed by atoms with Gasteiger partial charge in [-0.3, -0.25) is 9.89 Å². The number of hydrogen-bond acceptors (Lipinski definition) is 5. The zero-order chi connectivity index (χ0) is 14.7. The molecular formula is C13H13N7O. The summed E-state index contributed by atoms with van der Waals surface area (Å²) in [5, 5.41) is 13.4. The smallest absolute Gasteiger partial charge is 0.253 e. The number of rotatable bonds is 4. The fourth-order valence-electron chi connectivity index (χ4n) is 1.84. The van der Waals surface area contributed by atoms with Crippen molar-refractivity contribution < 1.29 is 4.79 Å². The Morgan fingerprint density at radius 1 is 1.38 bits per heavy atom. The van der Waals surface area contributed by atoms with Crippen LogP contribution in [0.1, 0.15) is 28.9 Å². The number of carbonyl (C=O) groups is 1. The second-order valence-electron chi connectivity index (χ2n) is 4.47. The number of nitrogens with zero attached hydrogens (tertiary/aromatic N) is 5. The standard InChI is InChI=1S/C13H13N7O/c1-9(11-5-16-17-6-11)19-13(21)10-2-3-12(15-4-10)20-8-14-7-18-20/h2-9H,1H3,(H,16,17)(H,19,21). The first-order valence-electron chi connectivity index (χ1n) is 6.34. The van der Waals surface area contributed by atoms with Crippen LogP contribution in [0.15, 0.2) is 43.4 Å². The van der Waals surface area contributed by atoms with Crippen molar-refractivity contribution >= 4 is 5.91 Å². The third kappa shape index (κ3) is 2.78. The van der Waals surface area contributed by atoms with E-state index in [0.29, 0.717) is 11.4 Å². The fourth-order valence-corrected chi connectivity index (χ4v) is 1.84. The molecule has 0 saturated heterocycles. The predicted molar refractivity (Wildman–Crippen MR) is 73.6 cm³/mol. The summed E-state index contributed by atoms with van der Waals surface area (Å²) in [7, 11) is 0. The van der Waals surface area contributed by atoms with Gasteiger partial charge in [-0.2, -0.15) is 10.2 Å². The molecule has 0 saturated carbocycles. The number of amides is 1. The highest BCUT2D eigenvalue weighted by molar-refractivity contribution is 5.94. The molecule has 0 radical (unpaired) electrons. The Balaban J connectivity index is 1.70. The van der Waals surface area contributed by atoms with E-state index in [2.05, 4.69) is 30.6 Å². The zero-order valence-corrected chi connectivity index (χ0v) is 11.3. The second kappa shape index (κ2) is 5.53. The maximum Gasteiger partial charge on any atom is 0.253 e. The van der Waals surface area contributed by atoms with Gasteiger partial charge in [0.05, 0.1) is 17.8 Å². The van der Waals surface area contributed by atoms with Crippen LogP contribution in [-0.2, 0) is 0 Å². The Morgan fingerprint density at radius 2 is 2.29 bits per heavy atom. The van der Waals surface area contributed by atoms with Crippen LogP contribution in [0.5, 0.6) is 0 Å². The van der Waals surface area contributed by atoms with Gasteiger partial charge in [0.15, 0.2) is 5.82 Å². The molecule has 0 spiro atoms. The minimum absolute atomic E-state index is 0.133. The highest BCUT2D eigenvalue weighted by atomic mass is 16.1. The average molecular weight is 283 g/mol. The molecule has 106 valence electrons. The monoisotopic (exact) mass is 283 g/mol. The number of pyridine rings is 1. The number of nitrogens with one attached hydrogen (secondary N) is 2. The van der Waals surface area contributed by atoms with E-state index in [0.717, 1.165) is 5.56 Å². The molecular weight excluding hydrogens is 270 g/mol. The molecule has 0 aliphatic carbocycles. The number of H-pyrrole nitrogens is 1. The van der Waals surface area contributed by atoms with Gasteiger partial charge in [-0.15, -0.1) is 0 Å². The van der Waals surface area contributed by atoms with E-state index in [-0.39, 0.29) is 11.9 Å². The molecule has 8 heteroatoms. The van der Waals surface area contributed by atoms with Gasteiger partial charge in [0.2, 0.25) is 0 Å². The van der Waals surface area contributed by atoms with E-state index >= 15 is 0 Å². The van der Waals surface area contributed by atoms with Gasteiger partial charge in [0.25, 0.3) is 5.91 Å². The molecule has 8 nitrogen and oxygen atoms in total. The Bertz CT molecular complexity index is 704. The Kier molecular flexibility index (Phi) is 3.42. The highest BCUT2D eigenvalue weighted by Crippen LogP contribution is 2.11. The van der Waals surface area contributed by atoms with Crippen LogP contribution in [0.2, 0.25) is 0 Å². The molecule has 3 aromatic heterocycles. The maximum absolute atomic E-state index is 12.1. The highest BCUT2D eigenvalue weighted by Gasteiger charge is 2.12. The summed E-state index contributed by atoms with van der Waals surface area (Å²) in [4.78, 5) is 20.2. The van der Waals surface area contributed by atoms with E-state index < -0.39 is 0 Å². The first-order chi connectivity index (χ1) is 10.2. The minimum atomic E-state index is -0.193. The molecule has 1 amide bonds. The number of carbonyl (C=O) groups excluding carboxylic acids is 1. The van der Waals surface area contributed by atoms with E-state index in [9.17, 15) is 4.79 Å². The van der Waals surface area contributed by atoms with E-state index in [1.165, 1.54) is 17.2 Å². The Hall–Kier alpha value is -3.03. The van der Waals surface area contributed by atoms with E-state index in [1.54, 1.807) is 30.9 Å². The summed E-state index contributed by atoms with van der Waals surface area (Å²) in [6.07, 6.45) is 7.90. The molecule has 2 N–H and O–H groups in total. The topological polar surface area (TPSA) is 101 Å². The summed E-state index contributed by atoms with van der Waals surface area (Å²) in [6, 6.07) is 3.28. The third-order valence-electron chi connectivity index (χ3n) is 3.03. The molecule has 3 rings (SSSR count). The lowest BCUT2D eigenvalue weighted by molar-refractivity contribution is 0.0939. The zero-order valence-electron chi connectivity index (χ0n) is 11.3. The molecule has 3 heterocycles. The van der Waals surface area contributed by atoms with Gasteiger partial charge in [-0.1, -0.05) is 0 Å². The van der Waals surface area contributed by atoms with Crippen LogP contribution >= 0.6 is 0 Å². The number of aromatic nitrogens is 6. The van der Waals surface area contributed by atoms with Crippen LogP contribution in [-0.4, -0.2) is 35.9 Å². The SMILES string of the molecule is CC(NC(=O)c1ccc(-n2cncn2)nc1)c1cn[nH]c1. The van der Waals surface area contributed by atoms with Crippen molar-refractivity contribution in [2.75, 3.05) is 0 Å². The van der Waals surface area contributed by atoms with Crippen LogP contribution < -0.4 is 5.32 Å². The van der Waals surface area contributed by atoms with Gasteiger partial charge in [-0.25, -0.2) is 14.6 Å². The molecule has 0 fully saturated rings. The quantitative estimate of drug-likeness (QED) is 0.740. The first kappa shape index (κ1) is 13.0. The Labute approximate surface area is 120 Å². The normalized spacial score (nSPS) is 12.0. The lowest BCUT2D eigenvalue weighted by Gasteiger charge is -2.12.